The van der Waals surface area contributed by atoms with Crippen LogP contribution in [0.25, 0.3) is 11.3 Å². The van der Waals surface area contributed by atoms with E-state index in [0.717, 1.165) is 12.1 Å². The number of amides is 1. The molecule has 190 valence electrons. The third kappa shape index (κ3) is 5.31. The average molecular weight is 494 g/mol. The number of H-pyrrole nitrogens is 1. The van der Waals surface area contributed by atoms with Gasteiger partial charge in [-0.05, 0) is 48.0 Å². The van der Waals surface area contributed by atoms with Crippen molar-refractivity contribution in [3.8, 4) is 34.3 Å². The van der Waals surface area contributed by atoms with Crippen molar-refractivity contribution in [2.45, 2.75) is 6.54 Å². The second-order valence-corrected chi connectivity index (χ2v) is 8.44. The molecule has 1 N–H and O–H groups in total. The zero-order valence-corrected chi connectivity index (χ0v) is 21.0. The van der Waals surface area contributed by atoms with Gasteiger partial charge >= 0.3 is 0 Å². The second kappa shape index (κ2) is 11.2. The molecule has 0 bridgehead atoms. The highest BCUT2D eigenvalue weighted by Gasteiger charge is 2.24. The van der Waals surface area contributed by atoms with Gasteiger partial charge in [-0.2, -0.15) is 0 Å². The van der Waals surface area contributed by atoms with Crippen LogP contribution in [0.4, 0.5) is 0 Å². The first kappa shape index (κ1) is 25.1. The van der Waals surface area contributed by atoms with E-state index in [1.165, 1.54) is 0 Å². The number of carbonyl (C=O) groups excluding carboxylic acids is 1. The van der Waals surface area contributed by atoms with E-state index in [-0.39, 0.29) is 11.5 Å². The van der Waals surface area contributed by atoms with Crippen molar-refractivity contribution in [2.75, 3.05) is 54.6 Å². The summed E-state index contributed by atoms with van der Waals surface area (Å²) in [6.07, 6.45) is 0. The highest BCUT2D eigenvalue weighted by Crippen LogP contribution is 2.32. The van der Waals surface area contributed by atoms with E-state index in [1.807, 2.05) is 18.2 Å². The lowest BCUT2D eigenvalue weighted by atomic mass is 10.1. The van der Waals surface area contributed by atoms with Crippen molar-refractivity contribution in [2.24, 2.45) is 0 Å². The number of rotatable bonds is 8. The number of piperazine rings is 1. The number of ether oxygens (including phenoxy) is 4. The molecule has 1 amide bonds. The second-order valence-electron chi connectivity index (χ2n) is 8.44. The maximum Gasteiger partial charge on any atom is 0.261 e. The number of pyridine rings is 1. The fourth-order valence-electron chi connectivity index (χ4n) is 4.34. The van der Waals surface area contributed by atoms with Gasteiger partial charge in [-0.25, -0.2) is 0 Å². The van der Waals surface area contributed by atoms with Crippen molar-refractivity contribution in [3.05, 3.63) is 70.0 Å². The van der Waals surface area contributed by atoms with Gasteiger partial charge in [0.05, 0.1) is 34.1 Å². The van der Waals surface area contributed by atoms with Gasteiger partial charge < -0.3 is 28.8 Å². The average Bonchev–Trinajstić information content (AvgIpc) is 2.92. The molecule has 0 spiro atoms. The molecule has 1 aliphatic rings. The van der Waals surface area contributed by atoms with Crippen molar-refractivity contribution in [3.63, 3.8) is 0 Å². The van der Waals surface area contributed by atoms with Gasteiger partial charge in [0, 0.05) is 38.3 Å². The van der Waals surface area contributed by atoms with E-state index in [1.54, 1.807) is 63.7 Å². The maximum absolute atomic E-state index is 13.1. The number of hydrogen-bond acceptors (Lipinski definition) is 7. The zero-order valence-electron chi connectivity index (χ0n) is 21.0. The fraction of sp³-hybridized carbons (Fsp3) is 0.333. The molecule has 9 nitrogen and oxygen atoms in total. The smallest absolute Gasteiger partial charge is 0.261 e. The highest BCUT2D eigenvalue weighted by molar-refractivity contribution is 5.94. The number of carbonyl (C=O) groups is 1. The summed E-state index contributed by atoms with van der Waals surface area (Å²) in [5, 5.41) is 0. The molecule has 0 atom stereocenters. The van der Waals surface area contributed by atoms with Gasteiger partial charge in [0.15, 0.2) is 11.5 Å². The lowest BCUT2D eigenvalue weighted by molar-refractivity contribution is 0.0626. The summed E-state index contributed by atoms with van der Waals surface area (Å²) in [4.78, 5) is 32.8. The SMILES string of the molecule is COc1ccc(OC)c(-c2ccc(C(=O)N3CCN(Cc4ccc(OC)c(OC)c4)CC3)c(=O)[nH]2)c1. The van der Waals surface area contributed by atoms with Crippen molar-refractivity contribution in [1.29, 1.82) is 0 Å². The van der Waals surface area contributed by atoms with Crippen LogP contribution in [0.1, 0.15) is 15.9 Å². The third-order valence-electron chi connectivity index (χ3n) is 6.35. The summed E-state index contributed by atoms with van der Waals surface area (Å²) in [5.41, 5.74) is 2.01. The number of aromatic nitrogens is 1. The number of benzene rings is 2. The van der Waals surface area contributed by atoms with Crippen molar-refractivity contribution >= 4 is 5.91 Å². The molecule has 0 radical (unpaired) electrons. The Morgan fingerprint density at radius 1 is 0.806 bits per heavy atom. The van der Waals surface area contributed by atoms with Gasteiger partial charge in [0.2, 0.25) is 0 Å². The van der Waals surface area contributed by atoms with Crippen LogP contribution in [0.3, 0.4) is 0 Å². The first-order valence-corrected chi connectivity index (χ1v) is 11.7. The first-order valence-electron chi connectivity index (χ1n) is 11.7. The van der Waals surface area contributed by atoms with Crippen LogP contribution in [0.2, 0.25) is 0 Å². The molecular formula is C27H31N3O6. The number of nitrogens with one attached hydrogen (secondary N) is 1. The number of hydrogen-bond donors (Lipinski definition) is 1. The molecule has 1 fully saturated rings. The summed E-state index contributed by atoms with van der Waals surface area (Å²) in [7, 11) is 6.37. The van der Waals surface area contributed by atoms with Gasteiger partial charge in [-0.1, -0.05) is 6.07 Å². The van der Waals surface area contributed by atoms with E-state index in [2.05, 4.69) is 9.88 Å². The van der Waals surface area contributed by atoms with Gasteiger partial charge in [0.25, 0.3) is 11.5 Å². The van der Waals surface area contributed by atoms with Gasteiger partial charge in [-0.3, -0.25) is 14.5 Å². The molecule has 3 aromatic rings. The number of aromatic amines is 1. The standard InChI is InChI=1S/C27H31N3O6/c1-33-19-6-10-23(34-2)21(16-19)22-8-7-20(26(31)28-22)27(32)30-13-11-29(12-14-30)17-18-5-9-24(35-3)25(15-18)36-4/h5-10,15-16H,11-14,17H2,1-4H3,(H,28,31). The predicted molar refractivity (Wildman–Crippen MR) is 136 cm³/mol. The van der Waals surface area contributed by atoms with Crippen LogP contribution in [0.15, 0.2) is 53.3 Å². The summed E-state index contributed by atoms with van der Waals surface area (Å²) >= 11 is 0. The maximum atomic E-state index is 13.1. The topological polar surface area (TPSA) is 93.3 Å². The Hall–Kier alpha value is -3.98. The lowest BCUT2D eigenvalue weighted by Crippen LogP contribution is -2.49. The minimum atomic E-state index is -0.435. The van der Waals surface area contributed by atoms with Gasteiger partial charge in [-0.15, -0.1) is 0 Å². The molecule has 1 aliphatic heterocycles. The van der Waals surface area contributed by atoms with E-state index in [4.69, 9.17) is 18.9 Å². The molecule has 1 saturated heterocycles. The molecule has 1 aromatic heterocycles. The van der Waals surface area contributed by atoms with E-state index in [0.29, 0.717) is 60.4 Å². The Morgan fingerprint density at radius 2 is 1.50 bits per heavy atom. The van der Waals surface area contributed by atoms with Crippen LogP contribution in [0.5, 0.6) is 23.0 Å². The quantitative estimate of drug-likeness (QED) is 0.516. The van der Waals surface area contributed by atoms with E-state index in [9.17, 15) is 9.59 Å². The molecular weight excluding hydrogens is 462 g/mol. The summed E-state index contributed by atoms with van der Waals surface area (Å²) in [6, 6.07) is 14.5. The van der Waals surface area contributed by atoms with Crippen molar-refractivity contribution < 1.29 is 23.7 Å². The van der Waals surface area contributed by atoms with Crippen LogP contribution in [-0.4, -0.2) is 75.3 Å². The largest absolute Gasteiger partial charge is 0.497 e. The molecule has 0 unspecified atom stereocenters. The number of nitrogens with zero attached hydrogens (tertiary/aromatic N) is 2. The molecule has 2 aromatic carbocycles. The molecule has 0 saturated carbocycles. The Labute approximate surface area is 210 Å². The first-order chi connectivity index (χ1) is 17.5. The molecule has 36 heavy (non-hydrogen) atoms. The molecule has 2 heterocycles. The normalized spacial score (nSPS) is 13.8. The van der Waals surface area contributed by atoms with Crippen LogP contribution >= 0.6 is 0 Å². The molecule has 9 heteroatoms. The number of methoxy groups -OCH3 is 4. The third-order valence-corrected chi connectivity index (χ3v) is 6.35. The van der Waals surface area contributed by atoms with Crippen LogP contribution < -0.4 is 24.5 Å². The van der Waals surface area contributed by atoms with Crippen LogP contribution in [-0.2, 0) is 6.54 Å². The lowest BCUT2D eigenvalue weighted by Gasteiger charge is -2.34. The zero-order chi connectivity index (χ0) is 25.7. The monoisotopic (exact) mass is 493 g/mol. The van der Waals surface area contributed by atoms with Crippen molar-refractivity contribution in [1.82, 2.24) is 14.8 Å². The van der Waals surface area contributed by atoms with Crippen LogP contribution in [0, 0.1) is 0 Å². The molecule has 0 aliphatic carbocycles. The van der Waals surface area contributed by atoms with Gasteiger partial charge in [0.1, 0.15) is 17.1 Å². The Balaban J connectivity index is 1.42. The van der Waals surface area contributed by atoms with E-state index >= 15 is 0 Å². The Morgan fingerprint density at radius 3 is 2.14 bits per heavy atom. The Bertz CT molecular complexity index is 1280. The highest BCUT2D eigenvalue weighted by atomic mass is 16.5. The summed E-state index contributed by atoms with van der Waals surface area (Å²) < 4.78 is 21.4. The minimum Gasteiger partial charge on any atom is -0.497 e. The Kier molecular flexibility index (Phi) is 7.80. The predicted octanol–water partition coefficient (Wildman–Crippen LogP) is 3.03. The molecule has 4 rings (SSSR count). The summed E-state index contributed by atoms with van der Waals surface area (Å²) in [5.74, 6) is 2.34. The minimum absolute atomic E-state index is 0.119. The summed E-state index contributed by atoms with van der Waals surface area (Å²) in [6.45, 7) is 3.22. The van der Waals surface area contributed by atoms with E-state index < -0.39 is 5.56 Å². The fourth-order valence-corrected chi connectivity index (χ4v) is 4.34.